The minimum absolute atomic E-state index is 0.169. The highest BCUT2D eigenvalue weighted by atomic mass is 32.2. The van der Waals surface area contributed by atoms with Crippen molar-refractivity contribution in [2.75, 3.05) is 6.26 Å². The van der Waals surface area contributed by atoms with Crippen LogP contribution in [-0.4, -0.2) is 33.1 Å². The van der Waals surface area contributed by atoms with Crippen LogP contribution in [0.5, 0.6) is 6.01 Å². The molecule has 120 valence electrons. The number of rotatable bonds is 5. The zero-order valence-electron chi connectivity index (χ0n) is 13.6. The standard InChI is InChI=1S/C17H19N3O2S/c1-5-10-17(3,20-12(2)21)15(23-4)22-16-18-11-13-8-6-7-9-14(13)19-16/h6-9,11,15H,1-4H3,(H,20,21). The molecule has 0 bridgehead atoms. The van der Waals surface area contributed by atoms with Crippen molar-refractivity contribution < 1.29 is 9.53 Å². The number of hydrogen-bond donors (Lipinski definition) is 1. The van der Waals surface area contributed by atoms with Crippen LogP contribution in [0.25, 0.3) is 10.9 Å². The van der Waals surface area contributed by atoms with E-state index >= 15 is 0 Å². The van der Waals surface area contributed by atoms with Crippen LogP contribution in [0.1, 0.15) is 20.8 Å². The Morgan fingerprint density at radius 2 is 2.17 bits per heavy atom. The molecule has 5 nitrogen and oxygen atoms in total. The van der Waals surface area contributed by atoms with E-state index < -0.39 is 11.0 Å². The van der Waals surface area contributed by atoms with E-state index in [2.05, 4.69) is 27.1 Å². The molecular weight excluding hydrogens is 310 g/mol. The van der Waals surface area contributed by atoms with E-state index in [-0.39, 0.29) is 11.9 Å². The van der Waals surface area contributed by atoms with Crippen molar-refractivity contribution in [3.63, 3.8) is 0 Å². The number of hydrogen-bond acceptors (Lipinski definition) is 5. The normalized spacial score (nSPS) is 14.3. The number of nitrogens with zero attached hydrogens (tertiary/aromatic N) is 2. The molecular formula is C17H19N3O2S. The first-order valence-corrected chi connectivity index (χ1v) is 8.41. The minimum atomic E-state index is -0.838. The fraction of sp³-hybridized carbons (Fsp3) is 0.353. The molecule has 0 spiro atoms. The topological polar surface area (TPSA) is 64.1 Å². The summed E-state index contributed by atoms with van der Waals surface area (Å²) in [5, 5.41) is 3.79. The maximum Gasteiger partial charge on any atom is 0.318 e. The molecule has 2 aromatic rings. The van der Waals surface area contributed by atoms with E-state index in [0.29, 0.717) is 0 Å². The summed E-state index contributed by atoms with van der Waals surface area (Å²) in [6.45, 7) is 5.01. The number of thioether (sulfide) groups is 1. The molecule has 0 aliphatic heterocycles. The Bertz CT molecular complexity index is 769. The highest BCUT2D eigenvalue weighted by Gasteiger charge is 2.35. The highest BCUT2D eigenvalue weighted by Crippen LogP contribution is 2.24. The lowest BCUT2D eigenvalue weighted by atomic mass is 10.0. The van der Waals surface area contributed by atoms with Gasteiger partial charge in [-0.05, 0) is 26.2 Å². The monoisotopic (exact) mass is 329 g/mol. The minimum Gasteiger partial charge on any atom is -0.445 e. The predicted octanol–water partition coefficient (Wildman–Crippen LogP) is 2.62. The molecule has 6 heteroatoms. The van der Waals surface area contributed by atoms with Gasteiger partial charge in [0.25, 0.3) is 0 Å². The summed E-state index contributed by atoms with van der Waals surface area (Å²) in [4.78, 5) is 20.2. The smallest absolute Gasteiger partial charge is 0.318 e. The Morgan fingerprint density at radius 1 is 1.43 bits per heavy atom. The molecule has 0 saturated heterocycles. The third-order valence-corrected chi connectivity index (χ3v) is 4.18. The number of aromatic nitrogens is 2. The number of para-hydroxylation sites is 1. The summed E-state index contributed by atoms with van der Waals surface area (Å²) in [6, 6.07) is 7.94. The molecule has 1 heterocycles. The van der Waals surface area contributed by atoms with Gasteiger partial charge in [0, 0.05) is 18.5 Å². The number of ether oxygens (including phenoxy) is 1. The van der Waals surface area contributed by atoms with Crippen LogP contribution in [0.4, 0.5) is 0 Å². The predicted molar refractivity (Wildman–Crippen MR) is 93.1 cm³/mol. The van der Waals surface area contributed by atoms with Gasteiger partial charge in [-0.3, -0.25) is 4.79 Å². The number of fused-ring (bicyclic) bond motifs is 1. The second-order valence-electron chi connectivity index (χ2n) is 5.16. The van der Waals surface area contributed by atoms with Crippen LogP contribution in [-0.2, 0) is 4.79 Å². The Morgan fingerprint density at radius 3 is 2.83 bits per heavy atom. The summed E-state index contributed by atoms with van der Waals surface area (Å²) >= 11 is 1.44. The number of nitrogens with one attached hydrogen (secondary N) is 1. The van der Waals surface area contributed by atoms with Crippen molar-refractivity contribution >= 4 is 28.6 Å². The lowest BCUT2D eigenvalue weighted by Crippen LogP contribution is -2.53. The molecule has 2 unspecified atom stereocenters. The van der Waals surface area contributed by atoms with Crippen LogP contribution in [0.3, 0.4) is 0 Å². The largest absolute Gasteiger partial charge is 0.445 e. The van der Waals surface area contributed by atoms with Gasteiger partial charge in [-0.2, -0.15) is 4.98 Å². The summed E-state index contributed by atoms with van der Waals surface area (Å²) in [7, 11) is 0. The number of amides is 1. The van der Waals surface area contributed by atoms with Crippen LogP contribution in [0.2, 0.25) is 0 Å². The summed E-state index contributed by atoms with van der Waals surface area (Å²) in [5.41, 5.74) is -0.477. The van der Waals surface area contributed by atoms with Gasteiger partial charge in [-0.15, -0.1) is 17.7 Å². The van der Waals surface area contributed by atoms with Gasteiger partial charge >= 0.3 is 6.01 Å². The molecule has 0 aliphatic carbocycles. The summed E-state index contributed by atoms with van der Waals surface area (Å²) in [5.74, 6) is 5.69. The quantitative estimate of drug-likeness (QED) is 0.675. The first-order valence-electron chi connectivity index (χ1n) is 7.12. The van der Waals surface area contributed by atoms with E-state index in [4.69, 9.17) is 4.74 Å². The van der Waals surface area contributed by atoms with Gasteiger partial charge in [0.15, 0.2) is 5.44 Å². The van der Waals surface area contributed by atoms with Crippen LogP contribution < -0.4 is 10.1 Å². The highest BCUT2D eigenvalue weighted by molar-refractivity contribution is 7.99. The average molecular weight is 329 g/mol. The Hall–Kier alpha value is -2.26. The average Bonchev–Trinajstić information content (AvgIpc) is 2.51. The molecule has 0 fully saturated rings. The molecule has 23 heavy (non-hydrogen) atoms. The first-order chi connectivity index (χ1) is 11.0. The van der Waals surface area contributed by atoms with Crippen molar-refractivity contribution in [2.45, 2.75) is 31.7 Å². The van der Waals surface area contributed by atoms with Gasteiger partial charge in [-0.25, -0.2) is 4.98 Å². The molecule has 2 rings (SSSR count). The third-order valence-electron chi connectivity index (χ3n) is 3.19. The van der Waals surface area contributed by atoms with Crippen molar-refractivity contribution in [3.05, 3.63) is 30.5 Å². The Kier molecular flexibility index (Phi) is 5.45. The molecule has 2 atom stereocenters. The van der Waals surface area contributed by atoms with Crippen molar-refractivity contribution in [1.82, 2.24) is 15.3 Å². The SMILES string of the molecule is CC#CC(C)(NC(C)=O)C(Oc1ncc2ccccc2n1)SC. The first kappa shape index (κ1) is 17.1. The van der Waals surface area contributed by atoms with Gasteiger partial charge in [0.2, 0.25) is 5.91 Å². The van der Waals surface area contributed by atoms with Gasteiger partial charge < -0.3 is 10.1 Å². The molecule has 1 aromatic heterocycles. The van der Waals surface area contributed by atoms with Gasteiger partial charge in [0.1, 0.15) is 5.54 Å². The van der Waals surface area contributed by atoms with E-state index in [1.54, 1.807) is 13.1 Å². The fourth-order valence-corrected chi connectivity index (χ4v) is 3.06. The maximum absolute atomic E-state index is 11.5. The second-order valence-corrected chi connectivity index (χ2v) is 6.05. The maximum atomic E-state index is 11.5. The fourth-order valence-electron chi connectivity index (χ4n) is 2.28. The number of carbonyl (C=O) groups is 1. The van der Waals surface area contributed by atoms with E-state index in [1.165, 1.54) is 18.7 Å². The summed E-state index contributed by atoms with van der Waals surface area (Å²) in [6.07, 6.45) is 3.61. The Labute approximate surface area is 140 Å². The number of benzene rings is 1. The molecule has 1 aromatic carbocycles. The Balaban J connectivity index is 2.31. The van der Waals surface area contributed by atoms with Crippen LogP contribution >= 0.6 is 11.8 Å². The number of carbonyl (C=O) groups excluding carboxylic acids is 1. The van der Waals surface area contributed by atoms with E-state index in [1.807, 2.05) is 37.4 Å². The molecule has 0 saturated carbocycles. The molecule has 1 amide bonds. The molecule has 0 aliphatic rings. The lowest BCUT2D eigenvalue weighted by molar-refractivity contribution is -0.120. The molecule has 0 radical (unpaired) electrons. The van der Waals surface area contributed by atoms with Crippen LogP contribution in [0, 0.1) is 11.8 Å². The van der Waals surface area contributed by atoms with Crippen LogP contribution in [0.15, 0.2) is 30.5 Å². The van der Waals surface area contributed by atoms with Gasteiger partial charge in [0.05, 0.1) is 5.52 Å². The van der Waals surface area contributed by atoms with E-state index in [9.17, 15) is 4.79 Å². The molecule has 1 N–H and O–H groups in total. The van der Waals surface area contributed by atoms with Crippen molar-refractivity contribution in [3.8, 4) is 17.9 Å². The zero-order valence-corrected chi connectivity index (χ0v) is 14.4. The van der Waals surface area contributed by atoms with Gasteiger partial charge in [-0.1, -0.05) is 24.1 Å². The van der Waals surface area contributed by atoms with Crippen molar-refractivity contribution in [2.24, 2.45) is 0 Å². The van der Waals surface area contributed by atoms with E-state index in [0.717, 1.165) is 10.9 Å². The third kappa shape index (κ3) is 4.14. The summed E-state index contributed by atoms with van der Waals surface area (Å²) < 4.78 is 5.91. The lowest BCUT2D eigenvalue weighted by Gasteiger charge is -2.32. The second kappa shape index (κ2) is 7.34. The zero-order chi connectivity index (χ0) is 16.9. The van der Waals surface area contributed by atoms with Crippen molar-refractivity contribution in [1.29, 1.82) is 0 Å².